The molecule has 6 heteroatoms. The van der Waals surface area contributed by atoms with Crippen molar-refractivity contribution >= 4 is 22.8 Å². The molecular formula is C13H17ClN4O. The Kier molecular flexibility index (Phi) is 3.66. The van der Waals surface area contributed by atoms with Crippen LogP contribution in [0.15, 0.2) is 6.33 Å². The number of aryl methyl sites for hydroxylation is 1. The lowest BCUT2D eigenvalue weighted by Crippen LogP contribution is -2.18. The molecule has 0 N–H and O–H groups in total. The molecule has 1 aliphatic rings. The average Bonchev–Trinajstić information content (AvgIpc) is 2.84. The molecule has 3 rings (SSSR count). The maximum absolute atomic E-state index is 6.18. The van der Waals surface area contributed by atoms with Gasteiger partial charge in [-0.15, -0.1) is 0 Å². The van der Waals surface area contributed by atoms with Crippen molar-refractivity contribution in [3.8, 4) is 0 Å². The van der Waals surface area contributed by atoms with E-state index < -0.39 is 0 Å². The minimum absolute atomic E-state index is 0.0270. The first-order chi connectivity index (χ1) is 9.29. The highest BCUT2D eigenvalue weighted by Crippen LogP contribution is 2.27. The van der Waals surface area contributed by atoms with Gasteiger partial charge >= 0.3 is 0 Å². The third kappa shape index (κ3) is 2.44. The summed E-state index contributed by atoms with van der Waals surface area (Å²) in [6, 6.07) is 0. The highest BCUT2D eigenvalue weighted by Gasteiger charge is 2.20. The third-order valence-corrected chi connectivity index (χ3v) is 3.63. The van der Waals surface area contributed by atoms with Crippen LogP contribution in [0.25, 0.3) is 11.2 Å². The number of fused-ring (bicyclic) bond motifs is 1. The predicted molar refractivity (Wildman–Crippen MR) is 73.2 cm³/mol. The zero-order chi connectivity index (χ0) is 13.2. The van der Waals surface area contributed by atoms with Crippen molar-refractivity contribution in [3.63, 3.8) is 0 Å². The Morgan fingerprint density at radius 2 is 2.32 bits per heavy atom. The van der Waals surface area contributed by atoms with E-state index in [0.717, 1.165) is 43.8 Å². The Bertz CT molecular complexity index is 577. The smallest absolute Gasteiger partial charge is 0.167 e. The third-order valence-electron chi connectivity index (χ3n) is 3.36. The van der Waals surface area contributed by atoms with Gasteiger partial charge < -0.3 is 4.74 Å². The molecule has 0 amide bonds. The zero-order valence-corrected chi connectivity index (χ0v) is 11.7. The maximum Gasteiger partial charge on any atom is 0.167 e. The molecule has 0 spiro atoms. The normalized spacial score (nSPS) is 20.0. The van der Waals surface area contributed by atoms with Gasteiger partial charge in [0.2, 0.25) is 0 Å². The quantitative estimate of drug-likeness (QED) is 0.811. The Balaban J connectivity index is 2.04. The molecule has 5 nitrogen and oxygen atoms in total. The fraction of sp³-hybridized carbons (Fsp3) is 0.615. The largest absolute Gasteiger partial charge is 0.358 e. The molecule has 3 heterocycles. The van der Waals surface area contributed by atoms with Crippen molar-refractivity contribution in [1.82, 2.24) is 19.5 Å². The summed E-state index contributed by atoms with van der Waals surface area (Å²) in [4.78, 5) is 13.2. The molecule has 1 fully saturated rings. The van der Waals surface area contributed by atoms with Crippen molar-refractivity contribution in [3.05, 3.63) is 17.3 Å². The van der Waals surface area contributed by atoms with E-state index in [9.17, 15) is 0 Å². The number of halogens is 1. The summed E-state index contributed by atoms with van der Waals surface area (Å²) in [6.07, 6.45) is 6.90. The summed E-state index contributed by atoms with van der Waals surface area (Å²) >= 11 is 6.18. The van der Waals surface area contributed by atoms with Gasteiger partial charge in [0.25, 0.3) is 0 Å². The lowest BCUT2D eigenvalue weighted by molar-refractivity contribution is -0.0298. The Morgan fingerprint density at radius 3 is 3.05 bits per heavy atom. The molecule has 1 saturated heterocycles. The lowest BCUT2D eigenvalue weighted by atomic mass is 10.2. The standard InChI is InChI=1S/C13H17ClN4O/c1-2-5-9-16-12(14)11-13(17-9)18(8-15-11)10-6-3-4-7-19-10/h8,10H,2-7H2,1H3. The molecule has 0 radical (unpaired) electrons. The molecule has 102 valence electrons. The van der Waals surface area contributed by atoms with Gasteiger partial charge in [-0.25, -0.2) is 15.0 Å². The highest BCUT2D eigenvalue weighted by molar-refractivity contribution is 6.33. The second-order valence-corrected chi connectivity index (χ2v) is 5.18. The molecule has 0 aliphatic carbocycles. The van der Waals surface area contributed by atoms with Gasteiger partial charge in [-0.1, -0.05) is 18.5 Å². The Labute approximate surface area is 117 Å². The van der Waals surface area contributed by atoms with Gasteiger partial charge in [0.1, 0.15) is 17.6 Å². The van der Waals surface area contributed by atoms with E-state index in [0.29, 0.717) is 10.7 Å². The number of nitrogens with zero attached hydrogens (tertiary/aromatic N) is 4. The summed E-state index contributed by atoms with van der Waals surface area (Å²) in [5.41, 5.74) is 1.45. The van der Waals surface area contributed by atoms with Gasteiger partial charge in [-0.05, 0) is 25.7 Å². The van der Waals surface area contributed by atoms with E-state index >= 15 is 0 Å². The van der Waals surface area contributed by atoms with E-state index in [1.165, 1.54) is 6.42 Å². The first kappa shape index (κ1) is 12.8. The summed E-state index contributed by atoms with van der Waals surface area (Å²) in [7, 11) is 0. The first-order valence-electron chi connectivity index (χ1n) is 6.80. The van der Waals surface area contributed by atoms with Gasteiger partial charge in [0.15, 0.2) is 10.8 Å². The molecule has 0 aromatic carbocycles. The summed E-state index contributed by atoms with van der Waals surface area (Å²) < 4.78 is 7.78. The van der Waals surface area contributed by atoms with Gasteiger partial charge in [0, 0.05) is 13.0 Å². The number of imidazole rings is 1. The molecule has 1 atom stereocenters. The minimum atomic E-state index is 0.0270. The topological polar surface area (TPSA) is 52.8 Å². The maximum atomic E-state index is 6.18. The van der Waals surface area contributed by atoms with Crippen LogP contribution in [-0.4, -0.2) is 26.1 Å². The average molecular weight is 281 g/mol. The Hall–Kier alpha value is -1.20. The van der Waals surface area contributed by atoms with E-state index in [1.807, 2.05) is 4.57 Å². The SMILES string of the molecule is CCCc1nc(Cl)c2ncn(C3CCCCO3)c2n1. The van der Waals surface area contributed by atoms with Crippen LogP contribution in [-0.2, 0) is 11.2 Å². The van der Waals surface area contributed by atoms with Crippen LogP contribution >= 0.6 is 11.6 Å². The molecule has 0 bridgehead atoms. The summed E-state index contributed by atoms with van der Waals surface area (Å²) in [5.74, 6) is 0.776. The molecule has 0 saturated carbocycles. The summed E-state index contributed by atoms with van der Waals surface area (Å²) in [6.45, 7) is 2.90. The van der Waals surface area contributed by atoms with Gasteiger partial charge in [-0.3, -0.25) is 4.57 Å². The second-order valence-electron chi connectivity index (χ2n) is 4.83. The fourth-order valence-corrected chi connectivity index (χ4v) is 2.64. The molecule has 1 unspecified atom stereocenters. The van der Waals surface area contributed by atoms with Crippen LogP contribution in [0.3, 0.4) is 0 Å². The van der Waals surface area contributed by atoms with Crippen molar-refractivity contribution in [2.75, 3.05) is 6.61 Å². The van der Waals surface area contributed by atoms with Crippen LogP contribution in [0.5, 0.6) is 0 Å². The van der Waals surface area contributed by atoms with E-state index in [-0.39, 0.29) is 6.23 Å². The predicted octanol–water partition coefficient (Wildman–Crippen LogP) is 3.13. The monoisotopic (exact) mass is 280 g/mol. The van der Waals surface area contributed by atoms with Crippen molar-refractivity contribution in [2.24, 2.45) is 0 Å². The van der Waals surface area contributed by atoms with Crippen LogP contribution in [0.2, 0.25) is 5.15 Å². The van der Waals surface area contributed by atoms with Crippen LogP contribution in [0.1, 0.15) is 44.7 Å². The number of aromatic nitrogens is 4. The van der Waals surface area contributed by atoms with Crippen LogP contribution < -0.4 is 0 Å². The molecule has 19 heavy (non-hydrogen) atoms. The van der Waals surface area contributed by atoms with E-state index in [2.05, 4.69) is 21.9 Å². The van der Waals surface area contributed by atoms with Crippen molar-refractivity contribution in [1.29, 1.82) is 0 Å². The molecule has 2 aromatic heterocycles. The summed E-state index contributed by atoms with van der Waals surface area (Å²) in [5, 5.41) is 0.433. The molecule has 1 aliphatic heterocycles. The minimum Gasteiger partial charge on any atom is -0.358 e. The van der Waals surface area contributed by atoms with E-state index in [1.54, 1.807) is 6.33 Å². The fourth-order valence-electron chi connectivity index (χ4n) is 2.41. The molecular weight excluding hydrogens is 264 g/mol. The van der Waals surface area contributed by atoms with Crippen LogP contribution in [0, 0.1) is 0 Å². The second kappa shape index (κ2) is 5.43. The van der Waals surface area contributed by atoms with Crippen molar-refractivity contribution in [2.45, 2.75) is 45.3 Å². The Morgan fingerprint density at radius 1 is 1.42 bits per heavy atom. The van der Waals surface area contributed by atoms with Gasteiger partial charge in [-0.2, -0.15) is 0 Å². The van der Waals surface area contributed by atoms with E-state index in [4.69, 9.17) is 16.3 Å². The number of hydrogen-bond acceptors (Lipinski definition) is 4. The highest BCUT2D eigenvalue weighted by atomic mass is 35.5. The molecule has 2 aromatic rings. The lowest BCUT2D eigenvalue weighted by Gasteiger charge is -2.23. The van der Waals surface area contributed by atoms with Gasteiger partial charge in [0.05, 0.1) is 6.33 Å². The zero-order valence-electron chi connectivity index (χ0n) is 11.0. The number of hydrogen-bond donors (Lipinski definition) is 0. The van der Waals surface area contributed by atoms with Crippen LogP contribution in [0.4, 0.5) is 0 Å². The first-order valence-corrected chi connectivity index (χ1v) is 7.18. The number of rotatable bonds is 3. The number of ether oxygens (including phenoxy) is 1. The van der Waals surface area contributed by atoms with Crippen molar-refractivity contribution < 1.29 is 4.74 Å².